The molecule has 1 fully saturated rings. The van der Waals surface area contributed by atoms with Crippen LogP contribution in [0.25, 0.3) is 0 Å². The van der Waals surface area contributed by atoms with Crippen LogP contribution >= 0.6 is 11.8 Å². The molecule has 1 saturated heterocycles. The molecule has 0 aliphatic carbocycles. The molecule has 1 N–H and O–H groups in total. The van der Waals surface area contributed by atoms with E-state index >= 15 is 0 Å². The van der Waals surface area contributed by atoms with Crippen LogP contribution in [-0.4, -0.2) is 39.1 Å². The van der Waals surface area contributed by atoms with Gasteiger partial charge in [0, 0.05) is 18.7 Å². The van der Waals surface area contributed by atoms with Gasteiger partial charge < -0.3 is 14.6 Å². The van der Waals surface area contributed by atoms with Crippen molar-refractivity contribution in [3.63, 3.8) is 0 Å². The van der Waals surface area contributed by atoms with Crippen molar-refractivity contribution in [2.24, 2.45) is 0 Å². The number of hydrogen-bond donors (Lipinski definition) is 1. The van der Waals surface area contributed by atoms with Crippen LogP contribution in [-0.2, 0) is 22.5 Å². The second-order valence-corrected chi connectivity index (χ2v) is 7.15. The molecule has 2 aromatic rings. The third kappa shape index (κ3) is 4.83. The van der Waals surface area contributed by atoms with E-state index in [0.29, 0.717) is 5.75 Å². The third-order valence-electron chi connectivity index (χ3n) is 4.15. The van der Waals surface area contributed by atoms with Gasteiger partial charge in [0.05, 0.1) is 18.4 Å². The number of amides is 1. The molecule has 3 rings (SSSR count). The predicted molar refractivity (Wildman–Crippen MR) is 98.9 cm³/mol. The second kappa shape index (κ2) is 8.49. The minimum absolute atomic E-state index is 0.0414. The largest absolute Gasteiger partial charge is 0.376 e. The highest BCUT2D eigenvalue weighted by atomic mass is 32.2. The molecular weight excluding hydrogens is 336 g/mol. The summed E-state index contributed by atoms with van der Waals surface area (Å²) in [5.41, 5.74) is 1.94. The van der Waals surface area contributed by atoms with Gasteiger partial charge in [0.15, 0.2) is 5.16 Å². The number of carbonyl (C=O) groups is 1. The lowest BCUT2D eigenvalue weighted by atomic mass is 10.2. The fourth-order valence-electron chi connectivity index (χ4n) is 2.91. The molecule has 0 radical (unpaired) electrons. The number of hydrogen-bond acceptors (Lipinski definition) is 5. The zero-order valence-electron chi connectivity index (χ0n) is 14.7. The molecule has 0 saturated carbocycles. The smallest absolute Gasteiger partial charge is 0.234 e. The van der Waals surface area contributed by atoms with Gasteiger partial charge in [-0.3, -0.25) is 4.79 Å². The number of thioether (sulfide) groups is 1. The molecule has 134 valence electrons. The third-order valence-corrected chi connectivity index (χ3v) is 5.12. The molecule has 25 heavy (non-hydrogen) atoms. The zero-order chi connectivity index (χ0) is 17.6. The van der Waals surface area contributed by atoms with Crippen LogP contribution in [0.1, 0.15) is 31.2 Å². The number of ether oxygens (including phenoxy) is 1. The van der Waals surface area contributed by atoms with E-state index in [1.54, 1.807) is 0 Å². The molecule has 1 aromatic heterocycles. The monoisotopic (exact) mass is 360 g/mol. The number of aromatic nitrogens is 3. The molecule has 6 nitrogen and oxygen atoms in total. The Morgan fingerprint density at radius 3 is 3.04 bits per heavy atom. The normalized spacial score (nSPS) is 17.0. The van der Waals surface area contributed by atoms with Gasteiger partial charge >= 0.3 is 0 Å². The molecule has 1 aromatic carbocycles. The quantitative estimate of drug-likeness (QED) is 0.769. The Labute approximate surface area is 152 Å². The average Bonchev–Trinajstić information content (AvgIpc) is 3.23. The van der Waals surface area contributed by atoms with E-state index in [0.717, 1.165) is 54.6 Å². The maximum atomic E-state index is 12.2. The molecule has 0 bridgehead atoms. The molecule has 2 heterocycles. The van der Waals surface area contributed by atoms with Gasteiger partial charge in [-0.1, -0.05) is 30.8 Å². The van der Waals surface area contributed by atoms with Crippen molar-refractivity contribution in [2.75, 3.05) is 17.7 Å². The summed E-state index contributed by atoms with van der Waals surface area (Å²) in [6.45, 7) is 5.66. The number of nitrogens with one attached hydrogen (secondary N) is 1. The summed E-state index contributed by atoms with van der Waals surface area (Å²) in [7, 11) is 0. The SMILES string of the molecule is CCc1nnc(SCC(=O)Nc2cccc(C)c2)n1CC1CCCO1. The number of nitrogens with zero attached hydrogens (tertiary/aromatic N) is 3. The Kier molecular flexibility index (Phi) is 6.09. The summed E-state index contributed by atoms with van der Waals surface area (Å²) < 4.78 is 7.83. The first-order valence-corrected chi connectivity index (χ1v) is 9.67. The number of aryl methyl sites for hydroxylation is 2. The van der Waals surface area contributed by atoms with E-state index in [1.165, 1.54) is 11.8 Å². The van der Waals surface area contributed by atoms with Crippen LogP contribution < -0.4 is 5.32 Å². The Balaban J connectivity index is 1.60. The summed E-state index contributed by atoms with van der Waals surface area (Å²) in [5.74, 6) is 1.21. The van der Waals surface area contributed by atoms with E-state index in [-0.39, 0.29) is 12.0 Å². The van der Waals surface area contributed by atoms with Gasteiger partial charge in [0.2, 0.25) is 5.91 Å². The van der Waals surface area contributed by atoms with Crippen LogP contribution in [0.3, 0.4) is 0 Å². The van der Waals surface area contributed by atoms with Crippen LogP contribution in [0.2, 0.25) is 0 Å². The van der Waals surface area contributed by atoms with Crippen molar-refractivity contribution in [2.45, 2.75) is 50.9 Å². The molecule has 1 aliphatic heterocycles. The van der Waals surface area contributed by atoms with Crippen LogP contribution in [0.15, 0.2) is 29.4 Å². The van der Waals surface area contributed by atoms with E-state index in [4.69, 9.17) is 4.74 Å². The minimum Gasteiger partial charge on any atom is -0.376 e. The summed E-state index contributed by atoms with van der Waals surface area (Å²) in [6, 6.07) is 7.79. The Hall–Kier alpha value is -1.86. The van der Waals surface area contributed by atoms with Gasteiger partial charge in [0.25, 0.3) is 0 Å². The fraction of sp³-hybridized carbons (Fsp3) is 0.500. The maximum absolute atomic E-state index is 12.2. The second-order valence-electron chi connectivity index (χ2n) is 6.20. The topological polar surface area (TPSA) is 69.0 Å². The Morgan fingerprint density at radius 2 is 2.32 bits per heavy atom. The van der Waals surface area contributed by atoms with Gasteiger partial charge in [-0.25, -0.2) is 0 Å². The molecule has 0 spiro atoms. The predicted octanol–water partition coefficient (Wildman–Crippen LogP) is 3.06. The lowest BCUT2D eigenvalue weighted by Crippen LogP contribution is -2.19. The maximum Gasteiger partial charge on any atom is 0.234 e. The van der Waals surface area contributed by atoms with Crippen molar-refractivity contribution >= 4 is 23.4 Å². The first kappa shape index (κ1) is 17.9. The van der Waals surface area contributed by atoms with E-state index in [9.17, 15) is 4.79 Å². The zero-order valence-corrected chi connectivity index (χ0v) is 15.5. The van der Waals surface area contributed by atoms with Crippen molar-refractivity contribution in [1.82, 2.24) is 14.8 Å². The number of rotatable bonds is 7. The van der Waals surface area contributed by atoms with Crippen molar-refractivity contribution < 1.29 is 9.53 Å². The number of benzene rings is 1. The molecule has 1 amide bonds. The van der Waals surface area contributed by atoms with E-state index < -0.39 is 0 Å². The Bertz CT molecular complexity index is 726. The van der Waals surface area contributed by atoms with Crippen LogP contribution in [0.4, 0.5) is 5.69 Å². The fourth-order valence-corrected chi connectivity index (χ4v) is 3.68. The van der Waals surface area contributed by atoms with Crippen LogP contribution in [0, 0.1) is 6.92 Å². The van der Waals surface area contributed by atoms with Gasteiger partial charge in [0.1, 0.15) is 5.82 Å². The van der Waals surface area contributed by atoms with Crippen molar-refractivity contribution in [3.05, 3.63) is 35.7 Å². The molecule has 1 unspecified atom stereocenters. The standard InChI is InChI=1S/C18H24N4O2S/c1-3-16-20-21-18(22(16)11-15-8-5-9-24-15)25-12-17(23)19-14-7-4-6-13(2)10-14/h4,6-7,10,15H,3,5,8-9,11-12H2,1-2H3,(H,19,23). The molecule has 1 atom stereocenters. The molecule has 7 heteroatoms. The van der Waals surface area contributed by atoms with Crippen LogP contribution in [0.5, 0.6) is 0 Å². The molecule has 1 aliphatic rings. The first-order chi connectivity index (χ1) is 12.2. The number of carbonyl (C=O) groups excluding carboxylic acids is 1. The highest BCUT2D eigenvalue weighted by molar-refractivity contribution is 7.99. The summed E-state index contributed by atoms with van der Waals surface area (Å²) in [4.78, 5) is 12.2. The highest BCUT2D eigenvalue weighted by Gasteiger charge is 2.20. The van der Waals surface area contributed by atoms with Crippen molar-refractivity contribution in [1.29, 1.82) is 0 Å². The lowest BCUT2D eigenvalue weighted by molar-refractivity contribution is -0.113. The van der Waals surface area contributed by atoms with Gasteiger partial charge in [-0.15, -0.1) is 10.2 Å². The summed E-state index contributed by atoms with van der Waals surface area (Å²) >= 11 is 1.42. The van der Waals surface area contributed by atoms with Crippen molar-refractivity contribution in [3.8, 4) is 0 Å². The summed E-state index contributed by atoms with van der Waals surface area (Å²) in [5, 5.41) is 12.2. The van der Waals surface area contributed by atoms with E-state index in [1.807, 2.05) is 31.2 Å². The highest BCUT2D eigenvalue weighted by Crippen LogP contribution is 2.22. The molecular formula is C18H24N4O2S. The van der Waals surface area contributed by atoms with Gasteiger partial charge in [-0.05, 0) is 37.5 Å². The van der Waals surface area contributed by atoms with Gasteiger partial charge in [-0.2, -0.15) is 0 Å². The first-order valence-electron chi connectivity index (χ1n) is 8.68. The summed E-state index contributed by atoms with van der Waals surface area (Å²) in [6.07, 6.45) is 3.21. The average molecular weight is 360 g/mol. The minimum atomic E-state index is -0.0414. The lowest BCUT2D eigenvalue weighted by Gasteiger charge is -2.14. The number of anilines is 1. The Morgan fingerprint density at radius 1 is 1.44 bits per heavy atom. The van der Waals surface area contributed by atoms with E-state index in [2.05, 4.69) is 27.0 Å².